The Hall–Kier alpha value is -1.03. The van der Waals surface area contributed by atoms with E-state index in [-0.39, 0.29) is 0 Å². The van der Waals surface area contributed by atoms with E-state index in [0.29, 0.717) is 17.1 Å². The highest BCUT2D eigenvalue weighted by molar-refractivity contribution is 6.29. The molecule has 0 bridgehead atoms. The van der Waals surface area contributed by atoms with E-state index in [9.17, 15) is 0 Å². The van der Waals surface area contributed by atoms with Crippen LogP contribution in [0.3, 0.4) is 0 Å². The van der Waals surface area contributed by atoms with Crippen LogP contribution in [0.5, 0.6) is 0 Å². The molecule has 1 heterocycles. The fourth-order valence-corrected chi connectivity index (χ4v) is 1.29. The third-order valence-corrected chi connectivity index (χ3v) is 2.24. The summed E-state index contributed by atoms with van der Waals surface area (Å²) in [4.78, 5) is 10.4. The maximum absolute atomic E-state index is 5.88. The highest BCUT2D eigenvalue weighted by Gasteiger charge is 2.22. The molecule has 4 nitrogen and oxygen atoms in total. The van der Waals surface area contributed by atoms with Crippen LogP contribution < -0.4 is 10.2 Å². The highest BCUT2D eigenvalue weighted by atomic mass is 35.5. The third-order valence-electron chi connectivity index (χ3n) is 2.05. The monoisotopic (exact) mass is 212 g/mol. The van der Waals surface area contributed by atoms with E-state index in [2.05, 4.69) is 15.3 Å². The molecule has 0 spiro atoms. The first-order valence-corrected chi connectivity index (χ1v) is 5.01. The van der Waals surface area contributed by atoms with Crippen LogP contribution in [-0.2, 0) is 0 Å². The van der Waals surface area contributed by atoms with Crippen LogP contribution in [0.2, 0.25) is 5.15 Å². The summed E-state index contributed by atoms with van der Waals surface area (Å²) in [6.45, 7) is 0. The number of nitrogens with one attached hydrogen (secondary N) is 1. The number of nitrogens with zero attached hydrogens (tertiary/aromatic N) is 3. The second-order valence-electron chi connectivity index (χ2n) is 3.69. The number of anilines is 2. The van der Waals surface area contributed by atoms with Gasteiger partial charge in [0.15, 0.2) is 0 Å². The lowest BCUT2D eigenvalue weighted by molar-refractivity contribution is 1.01. The van der Waals surface area contributed by atoms with Crippen LogP contribution >= 0.6 is 11.6 Å². The van der Waals surface area contributed by atoms with E-state index < -0.39 is 0 Å². The van der Waals surface area contributed by atoms with Crippen LogP contribution in [0.25, 0.3) is 0 Å². The first-order chi connectivity index (χ1) is 6.65. The normalized spacial score (nSPS) is 15.4. The van der Waals surface area contributed by atoms with Crippen molar-refractivity contribution in [3.05, 3.63) is 11.2 Å². The zero-order valence-electron chi connectivity index (χ0n) is 8.29. The Morgan fingerprint density at radius 3 is 2.71 bits per heavy atom. The van der Waals surface area contributed by atoms with Crippen molar-refractivity contribution in [2.45, 2.75) is 18.9 Å². The minimum atomic E-state index is 0.479. The second-order valence-corrected chi connectivity index (χ2v) is 4.07. The molecule has 1 aromatic heterocycles. The standard InChI is InChI=1S/C9H13ClN4/c1-14(2)8-5-7(10)12-9(13-8)11-6-3-4-6/h5-6H,3-4H2,1-2H3,(H,11,12,13). The van der Waals surface area contributed by atoms with Crippen molar-refractivity contribution in [1.29, 1.82) is 0 Å². The summed E-state index contributed by atoms with van der Waals surface area (Å²) >= 11 is 5.88. The molecule has 1 fully saturated rings. The van der Waals surface area contributed by atoms with E-state index >= 15 is 0 Å². The van der Waals surface area contributed by atoms with E-state index in [1.165, 1.54) is 12.8 Å². The molecular weight excluding hydrogens is 200 g/mol. The van der Waals surface area contributed by atoms with Gasteiger partial charge in [0.05, 0.1) is 0 Å². The van der Waals surface area contributed by atoms with Crippen molar-refractivity contribution in [1.82, 2.24) is 9.97 Å². The molecule has 1 aromatic rings. The molecule has 1 aliphatic carbocycles. The summed E-state index contributed by atoms with van der Waals surface area (Å²) in [5.74, 6) is 1.46. The van der Waals surface area contributed by atoms with E-state index in [1.807, 2.05) is 19.0 Å². The van der Waals surface area contributed by atoms with Crippen LogP contribution in [-0.4, -0.2) is 30.1 Å². The lowest BCUT2D eigenvalue weighted by Crippen LogP contribution is -2.13. The molecule has 0 saturated heterocycles. The smallest absolute Gasteiger partial charge is 0.226 e. The summed E-state index contributed by atoms with van der Waals surface area (Å²) in [5, 5.41) is 3.70. The van der Waals surface area contributed by atoms with Gasteiger partial charge in [-0.05, 0) is 12.8 Å². The Labute approximate surface area is 88.3 Å². The molecule has 1 saturated carbocycles. The van der Waals surface area contributed by atoms with Gasteiger partial charge in [-0.2, -0.15) is 4.98 Å². The molecule has 5 heteroatoms. The van der Waals surface area contributed by atoms with Gasteiger partial charge in [-0.15, -0.1) is 0 Å². The van der Waals surface area contributed by atoms with Crippen LogP contribution in [0, 0.1) is 0 Å². The molecule has 0 amide bonds. The van der Waals surface area contributed by atoms with Crippen molar-refractivity contribution in [3.63, 3.8) is 0 Å². The average Bonchev–Trinajstić information content (AvgIpc) is 2.87. The molecule has 0 aromatic carbocycles. The van der Waals surface area contributed by atoms with Gasteiger partial charge < -0.3 is 10.2 Å². The van der Waals surface area contributed by atoms with Crippen molar-refractivity contribution >= 4 is 23.4 Å². The molecule has 1 aliphatic rings. The predicted molar refractivity (Wildman–Crippen MR) is 58.0 cm³/mol. The fourth-order valence-electron chi connectivity index (χ4n) is 1.11. The van der Waals surface area contributed by atoms with E-state index in [1.54, 1.807) is 6.07 Å². The van der Waals surface area contributed by atoms with Gasteiger partial charge >= 0.3 is 0 Å². The van der Waals surface area contributed by atoms with Gasteiger partial charge in [0, 0.05) is 26.2 Å². The van der Waals surface area contributed by atoms with E-state index in [4.69, 9.17) is 11.6 Å². The summed E-state index contributed by atoms with van der Waals surface area (Å²) in [5.41, 5.74) is 0. The average molecular weight is 213 g/mol. The minimum absolute atomic E-state index is 0.479. The summed E-state index contributed by atoms with van der Waals surface area (Å²) in [6.07, 6.45) is 2.40. The van der Waals surface area contributed by atoms with Crippen LogP contribution in [0.1, 0.15) is 12.8 Å². The van der Waals surface area contributed by atoms with Crippen molar-refractivity contribution in [2.75, 3.05) is 24.3 Å². The topological polar surface area (TPSA) is 41.1 Å². The number of halogens is 1. The predicted octanol–water partition coefficient (Wildman–Crippen LogP) is 1.77. The highest BCUT2D eigenvalue weighted by Crippen LogP contribution is 2.24. The largest absolute Gasteiger partial charge is 0.363 e. The van der Waals surface area contributed by atoms with E-state index in [0.717, 1.165) is 5.82 Å². The van der Waals surface area contributed by atoms with Crippen molar-refractivity contribution in [2.24, 2.45) is 0 Å². The molecule has 0 unspecified atom stereocenters. The molecule has 0 radical (unpaired) electrons. The van der Waals surface area contributed by atoms with Crippen molar-refractivity contribution < 1.29 is 0 Å². The molecule has 0 atom stereocenters. The molecule has 2 rings (SSSR count). The molecule has 76 valence electrons. The third kappa shape index (κ3) is 2.26. The second kappa shape index (κ2) is 3.61. The number of aromatic nitrogens is 2. The summed E-state index contributed by atoms with van der Waals surface area (Å²) in [7, 11) is 3.86. The molecule has 1 N–H and O–H groups in total. The maximum Gasteiger partial charge on any atom is 0.226 e. The fraction of sp³-hybridized carbons (Fsp3) is 0.556. The minimum Gasteiger partial charge on any atom is -0.363 e. The zero-order valence-corrected chi connectivity index (χ0v) is 9.04. The van der Waals surface area contributed by atoms with Gasteiger partial charge in [0.1, 0.15) is 11.0 Å². The number of hydrogen-bond acceptors (Lipinski definition) is 4. The van der Waals surface area contributed by atoms with Gasteiger partial charge in [-0.1, -0.05) is 11.6 Å². The Morgan fingerprint density at radius 2 is 2.14 bits per heavy atom. The van der Waals surface area contributed by atoms with Gasteiger partial charge in [0.2, 0.25) is 5.95 Å². The Balaban J connectivity index is 2.21. The SMILES string of the molecule is CN(C)c1cc(Cl)nc(NC2CC2)n1. The summed E-state index contributed by atoms with van der Waals surface area (Å²) < 4.78 is 0. The quantitative estimate of drug-likeness (QED) is 0.776. The number of hydrogen-bond donors (Lipinski definition) is 1. The first-order valence-electron chi connectivity index (χ1n) is 4.63. The Kier molecular flexibility index (Phi) is 2.46. The lowest BCUT2D eigenvalue weighted by atomic mass is 10.5. The Morgan fingerprint density at radius 1 is 1.43 bits per heavy atom. The van der Waals surface area contributed by atoms with Gasteiger partial charge in [-0.25, -0.2) is 4.98 Å². The summed E-state index contributed by atoms with van der Waals surface area (Å²) in [6, 6.07) is 2.29. The first kappa shape index (κ1) is 9.52. The van der Waals surface area contributed by atoms with Gasteiger partial charge in [0.25, 0.3) is 0 Å². The molecule has 14 heavy (non-hydrogen) atoms. The van der Waals surface area contributed by atoms with Crippen LogP contribution in [0.4, 0.5) is 11.8 Å². The molecule has 0 aliphatic heterocycles. The van der Waals surface area contributed by atoms with Gasteiger partial charge in [-0.3, -0.25) is 0 Å². The zero-order chi connectivity index (χ0) is 10.1. The maximum atomic E-state index is 5.88. The van der Waals surface area contributed by atoms with Crippen molar-refractivity contribution in [3.8, 4) is 0 Å². The number of rotatable bonds is 3. The molecular formula is C9H13ClN4. The van der Waals surface area contributed by atoms with Crippen LogP contribution in [0.15, 0.2) is 6.07 Å². The lowest BCUT2D eigenvalue weighted by Gasteiger charge is -2.12. The Bertz CT molecular complexity index is 336.